The van der Waals surface area contributed by atoms with Gasteiger partial charge in [0.05, 0.1) is 11.6 Å². The van der Waals surface area contributed by atoms with E-state index in [2.05, 4.69) is 10.3 Å². The zero-order valence-electron chi connectivity index (χ0n) is 10.5. The SMILES string of the molecule is CN(C)C(=O)CNCc1[nH]c2ccccc2c1Cl. The molecular weight excluding hydrogens is 250 g/mol. The molecule has 2 rings (SSSR count). The maximum atomic E-state index is 11.4. The smallest absolute Gasteiger partial charge is 0.236 e. The number of rotatable bonds is 4. The van der Waals surface area contributed by atoms with E-state index in [9.17, 15) is 4.79 Å². The lowest BCUT2D eigenvalue weighted by atomic mass is 10.2. The highest BCUT2D eigenvalue weighted by atomic mass is 35.5. The number of fused-ring (bicyclic) bond motifs is 1. The van der Waals surface area contributed by atoms with E-state index in [1.54, 1.807) is 19.0 Å². The van der Waals surface area contributed by atoms with Crippen LogP contribution in [-0.2, 0) is 11.3 Å². The molecule has 0 saturated carbocycles. The Labute approximate surface area is 111 Å². The molecular formula is C13H16ClN3O. The van der Waals surface area contributed by atoms with E-state index in [1.165, 1.54) is 0 Å². The molecule has 0 bridgehead atoms. The minimum Gasteiger partial charge on any atom is -0.356 e. The lowest BCUT2D eigenvalue weighted by Gasteiger charge is -2.10. The van der Waals surface area contributed by atoms with Crippen molar-refractivity contribution in [3.05, 3.63) is 35.0 Å². The van der Waals surface area contributed by atoms with Crippen molar-refractivity contribution < 1.29 is 4.79 Å². The van der Waals surface area contributed by atoms with E-state index in [1.807, 2.05) is 24.3 Å². The van der Waals surface area contributed by atoms with Gasteiger partial charge in [0.1, 0.15) is 0 Å². The van der Waals surface area contributed by atoms with Crippen molar-refractivity contribution in [2.75, 3.05) is 20.6 Å². The number of nitrogens with zero attached hydrogens (tertiary/aromatic N) is 1. The first-order valence-corrected chi connectivity index (χ1v) is 6.13. The number of carbonyl (C=O) groups is 1. The van der Waals surface area contributed by atoms with E-state index in [0.29, 0.717) is 13.1 Å². The number of halogens is 1. The van der Waals surface area contributed by atoms with Crippen molar-refractivity contribution in [1.29, 1.82) is 0 Å². The lowest BCUT2D eigenvalue weighted by Crippen LogP contribution is -2.32. The van der Waals surface area contributed by atoms with Crippen molar-refractivity contribution in [2.24, 2.45) is 0 Å². The molecule has 1 aromatic carbocycles. The molecule has 5 heteroatoms. The van der Waals surface area contributed by atoms with E-state index in [4.69, 9.17) is 11.6 Å². The number of hydrogen-bond donors (Lipinski definition) is 2. The zero-order chi connectivity index (χ0) is 13.1. The first kappa shape index (κ1) is 12.9. The number of amides is 1. The third-order valence-corrected chi connectivity index (χ3v) is 3.22. The van der Waals surface area contributed by atoms with E-state index >= 15 is 0 Å². The number of para-hydroxylation sites is 1. The maximum absolute atomic E-state index is 11.4. The fourth-order valence-corrected chi connectivity index (χ4v) is 2.02. The molecule has 0 aliphatic heterocycles. The maximum Gasteiger partial charge on any atom is 0.236 e. The van der Waals surface area contributed by atoms with Gasteiger partial charge >= 0.3 is 0 Å². The molecule has 1 heterocycles. The second-order valence-electron chi connectivity index (χ2n) is 4.35. The molecule has 2 aromatic rings. The Hall–Kier alpha value is -1.52. The Morgan fingerprint density at radius 1 is 1.39 bits per heavy atom. The predicted molar refractivity (Wildman–Crippen MR) is 73.7 cm³/mol. The van der Waals surface area contributed by atoms with Gasteiger partial charge in [0.15, 0.2) is 0 Å². The number of aromatic nitrogens is 1. The van der Waals surface area contributed by atoms with Crippen LogP contribution in [0.2, 0.25) is 5.02 Å². The highest BCUT2D eigenvalue weighted by Crippen LogP contribution is 2.26. The minimum absolute atomic E-state index is 0.0437. The van der Waals surface area contributed by atoms with Crippen LogP contribution in [0.15, 0.2) is 24.3 Å². The number of carbonyl (C=O) groups excluding carboxylic acids is 1. The molecule has 0 spiro atoms. The summed E-state index contributed by atoms with van der Waals surface area (Å²) >= 11 is 6.27. The Bertz CT molecular complexity index is 562. The normalized spacial score (nSPS) is 10.8. The van der Waals surface area contributed by atoms with Gasteiger partial charge in [-0.05, 0) is 6.07 Å². The molecule has 0 atom stereocenters. The molecule has 0 radical (unpaired) electrons. The molecule has 2 N–H and O–H groups in total. The third-order valence-electron chi connectivity index (χ3n) is 2.79. The summed E-state index contributed by atoms with van der Waals surface area (Å²) in [7, 11) is 3.47. The van der Waals surface area contributed by atoms with E-state index in [-0.39, 0.29) is 5.91 Å². The van der Waals surface area contributed by atoms with E-state index < -0.39 is 0 Å². The Morgan fingerprint density at radius 2 is 2.11 bits per heavy atom. The van der Waals surface area contributed by atoms with Gasteiger partial charge in [-0.1, -0.05) is 29.8 Å². The summed E-state index contributed by atoms with van der Waals surface area (Å²) in [5.41, 5.74) is 1.92. The quantitative estimate of drug-likeness (QED) is 0.888. The fraction of sp³-hybridized carbons (Fsp3) is 0.308. The fourth-order valence-electron chi connectivity index (χ4n) is 1.74. The molecule has 0 unspecified atom stereocenters. The van der Waals surface area contributed by atoms with Crippen LogP contribution in [0.1, 0.15) is 5.69 Å². The standard InChI is InChI=1S/C13H16ClN3O/c1-17(2)12(18)8-15-7-11-13(14)9-5-3-4-6-10(9)16-11/h3-6,15-16H,7-8H2,1-2H3. The van der Waals surface area contributed by atoms with Crippen LogP contribution >= 0.6 is 11.6 Å². The Balaban J connectivity index is 2.04. The van der Waals surface area contributed by atoms with Gasteiger partial charge in [0.2, 0.25) is 5.91 Å². The Kier molecular flexibility index (Phi) is 3.89. The highest BCUT2D eigenvalue weighted by Gasteiger charge is 2.09. The van der Waals surface area contributed by atoms with Crippen LogP contribution < -0.4 is 5.32 Å². The monoisotopic (exact) mass is 265 g/mol. The number of benzene rings is 1. The predicted octanol–water partition coefficient (Wildman–Crippen LogP) is 2.00. The number of H-pyrrole nitrogens is 1. The minimum atomic E-state index is 0.0437. The summed E-state index contributed by atoms with van der Waals surface area (Å²) in [6, 6.07) is 7.87. The van der Waals surface area contributed by atoms with Crippen molar-refractivity contribution in [3.8, 4) is 0 Å². The summed E-state index contributed by atoms with van der Waals surface area (Å²) < 4.78 is 0. The van der Waals surface area contributed by atoms with Gasteiger partial charge in [0, 0.05) is 37.2 Å². The molecule has 0 saturated heterocycles. The van der Waals surface area contributed by atoms with Gasteiger partial charge in [-0.15, -0.1) is 0 Å². The van der Waals surface area contributed by atoms with Gasteiger partial charge in [-0.25, -0.2) is 0 Å². The van der Waals surface area contributed by atoms with Crippen molar-refractivity contribution in [2.45, 2.75) is 6.54 Å². The van der Waals surface area contributed by atoms with E-state index in [0.717, 1.165) is 21.6 Å². The molecule has 1 amide bonds. The number of likely N-dealkylation sites (N-methyl/N-ethyl adjacent to an activating group) is 1. The average molecular weight is 266 g/mol. The first-order valence-electron chi connectivity index (χ1n) is 5.75. The first-order chi connectivity index (χ1) is 8.59. The lowest BCUT2D eigenvalue weighted by molar-refractivity contribution is -0.127. The van der Waals surface area contributed by atoms with Crippen LogP contribution in [0.25, 0.3) is 10.9 Å². The van der Waals surface area contributed by atoms with Gasteiger partial charge in [-0.3, -0.25) is 4.79 Å². The topological polar surface area (TPSA) is 48.1 Å². The number of nitrogens with one attached hydrogen (secondary N) is 2. The summed E-state index contributed by atoms with van der Waals surface area (Å²) in [6.45, 7) is 0.853. The third kappa shape index (κ3) is 2.66. The van der Waals surface area contributed by atoms with Crippen molar-refractivity contribution in [3.63, 3.8) is 0 Å². The molecule has 96 valence electrons. The van der Waals surface area contributed by atoms with Crippen LogP contribution in [0, 0.1) is 0 Å². The Morgan fingerprint density at radius 3 is 2.78 bits per heavy atom. The number of aromatic amines is 1. The molecule has 0 aliphatic carbocycles. The highest BCUT2D eigenvalue weighted by molar-refractivity contribution is 6.36. The van der Waals surface area contributed by atoms with Crippen molar-refractivity contribution in [1.82, 2.24) is 15.2 Å². The second kappa shape index (κ2) is 5.42. The van der Waals surface area contributed by atoms with Crippen LogP contribution in [0.4, 0.5) is 0 Å². The van der Waals surface area contributed by atoms with Gasteiger partial charge < -0.3 is 15.2 Å². The van der Waals surface area contributed by atoms with Crippen LogP contribution in [0.3, 0.4) is 0 Å². The molecule has 0 aliphatic rings. The van der Waals surface area contributed by atoms with Gasteiger partial charge in [-0.2, -0.15) is 0 Å². The summed E-state index contributed by atoms with van der Waals surface area (Å²) in [6.07, 6.45) is 0. The largest absolute Gasteiger partial charge is 0.356 e. The van der Waals surface area contributed by atoms with Crippen LogP contribution in [0.5, 0.6) is 0 Å². The zero-order valence-corrected chi connectivity index (χ0v) is 11.2. The summed E-state index contributed by atoms with van der Waals surface area (Å²) in [5, 5.41) is 4.80. The molecule has 0 fully saturated rings. The summed E-state index contributed by atoms with van der Waals surface area (Å²) in [4.78, 5) is 16.2. The van der Waals surface area contributed by atoms with Crippen molar-refractivity contribution >= 4 is 28.4 Å². The van der Waals surface area contributed by atoms with Gasteiger partial charge in [0.25, 0.3) is 0 Å². The average Bonchev–Trinajstić information content (AvgIpc) is 2.67. The summed E-state index contributed by atoms with van der Waals surface area (Å²) in [5.74, 6) is 0.0437. The molecule has 1 aromatic heterocycles. The molecule has 4 nitrogen and oxygen atoms in total. The second-order valence-corrected chi connectivity index (χ2v) is 4.73. The number of hydrogen-bond acceptors (Lipinski definition) is 2. The molecule has 18 heavy (non-hydrogen) atoms. The van der Waals surface area contributed by atoms with Crippen LogP contribution in [-0.4, -0.2) is 36.4 Å².